The highest BCUT2D eigenvalue weighted by molar-refractivity contribution is 7.80. The standard InChI is InChI=1S/C22H22N2O5S/c1-12-7-6-8-16(13(12)2)24-21(26)15(20(25)23-22(24)30)11-14-9-10-17(27-3)19(29-5)18(14)28-4/h6-11H,1-5H3,(H,23,25,30)/b15-11+. The van der Waals surface area contributed by atoms with Gasteiger partial charge in [0.15, 0.2) is 16.6 Å². The summed E-state index contributed by atoms with van der Waals surface area (Å²) < 4.78 is 16.1. The number of hydrogen-bond donors (Lipinski definition) is 1. The van der Waals surface area contributed by atoms with Crippen LogP contribution in [0.2, 0.25) is 0 Å². The minimum absolute atomic E-state index is 0.0372. The molecule has 0 atom stereocenters. The maximum atomic E-state index is 13.3. The Hall–Kier alpha value is -3.39. The van der Waals surface area contributed by atoms with Crippen LogP contribution < -0.4 is 24.4 Å². The van der Waals surface area contributed by atoms with Crippen LogP contribution in [0.3, 0.4) is 0 Å². The smallest absolute Gasteiger partial charge is 0.270 e. The van der Waals surface area contributed by atoms with Crippen molar-refractivity contribution in [1.82, 2.24) is 5.32 Å². The van der Waals surface area contributed by atoms with Crippen molar-refractivity contribution in [2.75, 3.05) is 26.2 Å². The largest absolute Gasteiger partial charge is 0.493 e. The number of rotatable bonds is 5. The molecule has 0 bridgehead atoms. The number of thiocarbonyl (C=S) groups is 1. The van der Waals surface area contributed by atoms with Gasteiger partial charge in [0.05, 0.1) is 27.0 Å². The summed E-state index contributed by atoms with van der Waals surface area (Å²) in [5.41, 5.74) is 2.94. The second-order valence-corrected chi connectivity index (χ2v) is 6.99. The molecule has 0 unspecified atom stereocenters. The second kappa shape index (κ2) is 8.54. The fourth-order valence-corrected chi connectivity index (χ4v) is 3.52. The number of carbonyl (C=O) groups excluding carboxylic acids is 2. The molecule has 0 aliphatic carbocycles. The van der Waals surface area contributed by atoms with Gasteiger partial charge in [-0.15, -0.1) is 0 Å². The Balaban J connectivity index is 2.13. The van der Waals surface area contributed by atoms with E-state index < -0.39 is 11.8 Å². The fourth-order valence-electron chi connectivity index (χ4n) is 3.25. The lowest BCUT2D eigenvalue weighted by Gasteiger charge is -2.30. The van der Waals surface area contributed by atoms with Gasteiger partial charge >= 0.3 is 0 Å². The van der Waals surface area contributed by atoms with Crippen molar-refractivity contribution in [2.45, 2.75) is 13.8 Å². The summed E-state index contributed by atoms with van der Waals surface area (Å²) in [5, 5.41) is 2.63. The molecule has 156 valence electrons. The van der Waals surface area contributed by atoms with Gasteiger partial charge < -0.3 is 14.2 Å². The van der Waals surface area contributed by atoms with Crippen LogP contribution in [-0.2, 0) is 9.59 Å². The maximum Gasteiger partial charge on any atom is 0.270 e. The van der Waals surface area contributed by atoms with Crippen molar-refractivity contribution in [1.29, 1.82) is 0 Å². The molecule has 3 rings (SSSR count). The number of nitrogens with zero attached hydrogens (tertiary/aromatic N) is 1. The first-order chi connectivity index (χ1) is 14.3. The summed E-state index contributed by atoms with van der Waals surface area (Å²) in [6, 6.07) is 8.93. The van der Waals surface area contributed by atoms with Crippen molar-refractivity contribution in [3.63, 3.8) is 0 Å². The molecular weight excluding hydrogens is 404 g/mol. The van der Waals surface area contributed by atoms with Gasteiger partial charge in [-0.25, -0.2) is 0 Å². The van der Waals surface area contributed by atoms with Crippen molar-refractivity contribution >= 4 is 40.9 Å². The highest BCUT2D eigenvalue weighted by Gasteiger charge is 2.35. The fraction of sp³-hybridized carbons (Fsp3) is 0.227. The molecule has 1 heterocycles. The second-order valence-electron chi connectivity index (χ2n) is 6.60. The zero-order chi connectivity index (χ0) is 22.0. The van der Waals surface area contributed by atoms with Crippen molar-refractivity contribution in [2.24, 2.45) is 0 Å². The van der Waals surface area contributed by atoms with E-state index in [0.29, 0.717) is 28.5 Å². The molecule has 0 spiro atoms. The number of nitrogens with one attached hydrogen (secondary N) is 1. The molecular formula is C22H22N2O5S. The first-order valence-corrected chi connectivity index (χ1v) is 9.51. The summed E-state index contributed by atoms with van der Waals surface area (Å²) in [5.74, 6) is 0.0723. The van der Waals surface area contributed by atoms with Crippen LogP contribution in [0.5, 0.6) is 17.2 Å². The van der Waals surface area contributed by atoms with Gasteiger partial charge in [-0.05, 0) is 61.5 Å². The minimum Gasteiger partial charge on any atom is -0.493 e. The number of aryl methyl sites for hydroxylation is 1. The number of amides is 2. The van der Waals surface area contributed by atoms with Crippen LogP contribution >= 0.6 is 12.2 Å². The van der Waals surface area contributed by atoms with Crippen LogP contribution in [0.4, 0.5) is 5.69 Å². The lowest BCUT2D eigenvalue weighted by atomic mass is 10.0. The van der Waals surface area contributed by atoms with E-state index in [9.17, 15) is 9.59 Å². The number of ether oxygens (including phenoxy) is 3. The summed E-state index contributed by atoms with van der Waals surface area (Å²) in [6.45, 7) is 3.85. The Kier molecular flexibility index (Phi) is 6.07. The van der Waals surface area contributed by atoms with Gasteiger partial charge in [0.25, 0.3) is 11.8 Å². The molecule has 2 aromatic rings. The summed E-state index contributed by atoms with van der Waals surface area (Å²) in [4.78, 5) is 27.3. The van der Waals surface area contributed by atoms with E-state index in [1.165, 1.54) is 32.3 Å². The topological polar surface area (TPSA) is 77.1 Å². The first kappa shape index (κ1) is 21.3. The molecule has 0 saturated carbocycles. The molecule has 1 saturated heterocycles. The van der Waals surface area contributed by atoms with E-state index in [1.54, 1.807) is 18.2 Å². The Morgan fingerprint density at radius 2 is 1.67 bits per heavy atom. The highest BCUT2D eigenvalue weighted by Crippen LogP contribution is 2.41. The quantitative estimate of drug-likeness (QED) is 0.450. The summed E-state index contributed by atoms with van der Waals surface area (Å²) >= 11 is 5.29. The normalized spacial score (nSPS) is 15.3. The average Bonchev–Trinajstić information content (AvgIpc) is 2.73. The number of hydrogen-bond acceptors (Lipinski definition) is 6. The third kappa shape index (κ3) is 3.61. The number of anilines is 1. The Labute approximate surface area is 180 Å². The molecule has 1 N–H and O–H groups in total. The van der Waals surface area contributed by atoms with E-state index in [0.717, 1.165) is 11.1 Å². The lowest BCUT2D eigenvalue weighted by Crippen LogP contribution is -2.54. The van der Waals surface area contributed by atoms with E-state index >= 15 is 0 Å². The van der Waals surface area contributed by atoms with Crippen LogP contribution in [0, 0.1) is 13.8 Å². The SMILES string of the molecule is COc1ccc(/C=C2\C(=O)NC(=S)N(c3cccc(C)c3C)C2=O)c(OC)c1OC. The van der Waals surface area contributed by atoms with E-state index in [4.69, 9.17) is 26.4 Å². The monoisotopic (exact) mass is 426 g/mol. The summed E-state index contributed by atoms with van der Waals surface area (Å²) in [7, 11) is 4.46. The van der Waals surface area contributed by atoms with Gasteiger partial charge in [-0.3, -0.25) is 19.8 Å². The van der Waals surface area contributed by atoms with Gasteiger partial charge in [-0.2, -0.15) is 0 Å². The molecule has 1 aliphatic rings. The molecule has 7 nitrogen and oxygen atoms in total. The van der Waals surface area contributed by atoms with Crippen molar-refractivity contribution in [3.8, 4) is 17.2 Å². The predicted octanol–water partition coefficient (Wildman–Crippen LogP) is 3.16. The molecule has 0 aromatic heterocycles. The Morgan fingerprint density at radius 1 is 0.967 bits per heavy atom. The molecule has 1 aliphatic heterocycles. The van der Waals surface area contributed by atoms with Crippen LogP contribution in [-0.4, -0.2) is 38.3 Å². The molecule has 8 heteroatoms. The molecule has 0 radical (unpaired) electrons. The number of benzene rings is 2. The van der Waals surface area contributed by atoms with Crippen LogP contribution in [0.1, 0.15) is 16.7 Å². The van der Waals surface area contributed by atoms with Gasteiger partial charge in [0.2, 0.25) is 5.75 Å². The highest BCUT2D eigenvalue weighted by atomic mass is 32.1. The average molecular weight is 426 g/mol. The third-order valence-electron chi connectivity index (χ3n) is 4.95. The minimum atomic E-state index is -0.580. The maximum absolute atomic E-state index is 13.3. The van der Waals surface area contributed by atoms with E-state index in [-0.39, 0.29) is 10.7 Å². The van der Waals surface area contributed by atoms with E-state index in [1.807, 2.05) is 26.0 Å². The van der Waals surface area contributed by atoms with Crippen LogP contribution in [0.25, 0.3) is 6.08 Å². The zero-order valence-electron chi connectivity index (χ0n) is 17.4. The predicted molar refractivity (Wildman–Crippen MR) is 118 cm³/mol. The molecule has 2 amide bonds. The van der Waals surface area contributed by atoms with Crippen molar-refractivity contribution < 1.29 is 23.8 Å². The van der Waals surface area contributed by atoms with Gasteiger partial charge in [0, 0.05) is 5.56 Å². The third-order valence-corrected chi connectivity index (χ3v) is 5.24. The van der Waals surface area contributed by atoms with Crippen LogP contribution in [0.15, 0.2) is 35.9 Å². The Morgan fingerprint density at radius 3 is 2.30 bits per heavy atom. The first-order valence-electron chi connectivity index (χ1n) is 9.10. The van der Waals surface area contributed by atoms with Gasteiger partial charge in [0.1, 0.15) is 5.57 Å². The van der Waals surface area contributed by atoms with E-state index in [2.05, 4.69) is 5.32 Å². The summed E-state index contributed by atoms with van der Waals surface area (Å²) in [6.07, 6.45) is 1.46. The molecule has 1 fully saturated rings. The lowest BCUT2D eigenvalue weighted by molar-refractivity contribution is -0.122. The molecule has 30 heavy (non-hydrogen) atoms. The molecule has 2 aromatic carbocycles. The van der Waals surface area contributed by atoms with Gasteiger partial charge in [-0.1, -0.05) is 12.1 Å². The Bertz CT molecular complexity index is 1080. The number of carbonyl (C=O) groups is 2. The number of methoxy groups -OCH3 is 3. The van der Waals surface area contributed by atoms with Crippen molar-refractivity contribution in [3.05, 3.63) is 52.6 Å². The zero-order valence-corrected chi connectivity index (χ0v) is 18.2.